The SMILES string of the molecule is O=c1oc2cc(Oc3ncnc4c3cnn4-c3ccccc3)ccc2c2c1CCC2. The van der Waals surface area contributed by atoms with E-state index < -0.39 is 0 Å². The number of aromatic nitrogens is 4. The Morgan fingerprint density at radius 1 is 0.967 bits per heavy atom. The monoisotopic (exact) mass is 396 g/mol. The maximum Gasteiger partial charge on any atom is 0.339 e. The second-order valence-electron chi connectivity index (χ2n) is 7.27. The van der Waals surface area contributed by atoms with Crippen molar-refractivity contribution in [3.63, 3.8) is 0 Å². The van der Waals surface area contributed by atoms with Gasteiger partial charge in [-0.3, -0.25) is 0 Å². The van der Waals surface area contributed by atoms with Crippen molar-refractivity contribution in [2.45, 2.75) is 19.3 Å². The van der Waals surface area contributed by atoms with Crippen molar-refractivity contribution >= 4 is 22.0 Å². The zero-order chi connectivity index (χ0) is 20.1. The molecule has 7 nitrogen and oxygen atoms in total. The van der Waals surface area contributed by atoms with Gasteiger partial charge < -0.3 is 9.15 Å². The van der Waals surface area contributed by atoms with Gasteiger partial charge in [0.15, 0.2) is 5.65 Å². The van der Waals surface area contributed by atoms with E-state index in [2.05, 4.69) is 15.1 Å². The number of aryl methyl sites for hydroxylation is 1. The Morgan fingerprint density at radius 2 is 1.83 bits per heavy atom. The maximum absolute atomic E-state index is 12.3. The Balaban J connectivity index is 1.42. The van der Waals surface area contributed by atoms with Crippen LogP contribution in [0.3, 0.4) is 0 Å². The molecule has 5 aromatic rings. The van der Waals surface area contributed by atoms with Gasteiger partial charge in [0.1, 0.15) is 23.0 Å². The molecule has 2 aromatic carbocycles. The summed E-state index contributed by atoms with van der Waals surface area (Å²) in [7, 11) is 0. The van der Waals surface area contributed by atoms with Crippen LogP contribution in [0.5, 0.6) is 11.6 Å². The number of rotatable bonds is 3. The summed E-state index contributed by atoms with van der Waals surface area (Å²) >= 11 is 0. The molecule has 30 heavy (non-hydrogen) atoms. The van der Waals surface area contributed by atoms with E-state index in [0.717, 1.165) is 41.5 Å². The molecular weight excluding hydrogens is 380 g/mol. The van der Waals surface area contributed by atoms with Crippen molar-refractivity contribution < 1.29 is 9.15 Å². The van der Waals surface area contributed by atoms with E-state index in [4.69, 9.17) is 9.15 Å². The van der Waals surface area contributed by atoms with Gasteiger partial charge in [-0.15, -0.1) is 0 Å². The quantitative estimate of drug-likeness (QED) is 0.425. The van der Waals surface area contributed by atoms with Gasteiger partial charge in [0.2, 0.25) is 5.88 Å². The number of ether oxygens (including phenoxy) is 1. The molecule has 6 rings (SSSR count). The lowest BCUT2D eigenvalue weighted by molar-refractivity contribution is 0.466. The molecule has 0 atom stereocenters. The van der Waals surface area contributed by atoms with Crippen LogP contribution in [0.2, 0.25) is 0 Å². The molecule has 0 aliphatic heterocycles. The van der Waals surface area contributed by atoms with E-state index >= 15 is 0 Å². The van der Waals surface area contributed by atoms with E-state index in [1.54, 1.807) is 16.9 Å². The Labute approximate surface area is 170 Å². The van der Waals surface area contributed by atoms with Crippen molar-refractivity contribution in [3.8, 4) is 17.3 Å². The fraction of sp³-hybridized carbons (Fsp3) is 0.130. The van der Waals surface area contributed by atoms with Crippen molar-refractivity contribution in [1.29, 1.82) is 0 Å². The summed E-state index contributed by atoms with van der Waals surface area (Å²) in [6, 6.07) is 15.3. The van der Waals surface area contributed by atoms with Crippen LogP contribution in [-0.4, -0.2) is 19.7 Å². The number of hydrogen-bond donors (Lipinski definition) is 0. The molecule has 0 saturated carbocycles. The van der Waals surface area contributed by atoms with E-state index in [-0.39, 0.29) is 5.63 Å². The average Bonchev–Trinajstić information content (AvgIpc) is 3.43. The van der Waals surface area contributed by atoms with Gasteiger partial charge in [-0.2, -0.15) is 5.10 Å². The molecule has 146 valence electrons. The Kier molecular flexibility index (Phi) is 3.67. The summed E-state index contributed by atoms with van der Waals surface area (Å²) in [6.45, 7) is 0. The van der Waals surface area contributed by atoms with Gasteiger partial charge in [0.05, 0.1) is 11.9 Å². The van der Waals surface area contributed by atoms with Crippen molar-refractivity contribution in [3.05, 3.63) is 82.6 Å². The molecule has 0 unspecified atom stereocenters. The van der Waals surface area contributed by atoms with Gasteiger partial charge in [-0.25, -0.2) is 19.4 Å². The Morgan fingerprint density at radius 3 is 2.73 bits per heavy atom. The smallest absolute Gasteiger partial charge is 0.339 e. The summed E-state index contributed by atoms with van der Waals surface area (Å²) in [5.74, 6) is 0.932. The highest BCUT2D eigenvalue weighted by Crippen LogP contribution is 2.32. The predicted molar refractivity (Wildman–Crippen MR) is 111 cm³/mol. The van der Waals surface area contributed by atoms with Crippen molar-refractivity contribution in [2.24, 2.45) is 0 Å². The zero-order valence-electron chi connectivity index (χ0n) is 15.9. The normalized spacial score (nSPS) is 13.1. The van der Waals surface area contributed by atoms with E-state index in [1.807, 2.05) is 42.5 Å². The summed E-state index contributed by atoms with van der Waals surface area (Å²) in [5.41, 5.74) is 3.74. The highest BCUT2D eigenvalue weighted by molar-refractivity contribution is 5.84. The molecule has 3 heterocycles. The van der Waals surface area contributed by atoms with Crippen LogP contribution in [0, 0.1) is 0 Å². The van der Waals surface area contributed by atoms with Crippen LogP contribution < -0.4 is 10.4 Å². The number of fused-ring (bicyclic) bond motifs is 4. The molecule has 0 radical (unpaired) electrons. The van der Waals surface area contributed by atoms with Crippen LogP contribution in [-0.2, 0) is 12.8 Å². The van der Waals surface area contributed by atoms with Gasteiger partial charge in [-0.05, 0) is 49.1 Å². The fourth-order valence-electron chi connectivity index (χ4n) is 4.10. The maximum atomic E-state index is 12.3. The van der Waals surface area contributed by atoms with E-state index in [0.29, 0.717) is 28.2 Å². The minimum atomic E-state index is -0.249. The van der Waals surface area contributed by atoms with Gasteiger partial charge >= 0.3 is 5.63 Å². The first-order chi connectivity index (χ1) is 14.8. The molecule has 3 aromatic heterocycles. The number of nitrogens with zero attached hydrogens (tertiary/aromatic N) is 4. The summed E-state index contributed by atoms with van der Waals surface area (Å²) in [4.78, 5) is 20.9. The highest BCUT2D eigenvalue weighted by Gasteiger charge is 2.20. The third kappa shape index (κ3) is 2.59. The first-order valence-corrected chi connectivity index (χ1v) is 9.78. The first-order valence-electron chi connectivity index (χ1n) is 9.78. The number of para-hydroxylation sites is 1. The first kappa shape index (κ1) is 16.9. The van der Waals surface area contributed by atoms with E-state index in [1.165, 1.54) is 6.33 Å². The van der Waals surface area contributed by atoms with Crippen molar-refractivity contribution in [1.82, 2.24) is 19.7 Å². The third-order valence-electron chi connectivity index (χ3n) is 5.49. The minimum absolute atomic E-state index is 0.249. The molecular formula is C23H16N4O3. The summed E-state index contributed by atoms with van der Waals surface area (Å²) in [5, 5.41) is 6.11. The van der Waals surface area contributed by atoms with Crippen LogP contribution in [0.25, 0.3) is 27.7 Å². The number of benzene rings is 2. The van der Waals surface area contributed by atoms with Gasteiger partial charge in [0, 0.05) is 17.0 Å². The lowest BCUT2D eigenvalue weighted by Crippen LogP contribution is -2.06. The molecule has 0 saturated heterocycles. The summed E-state index contributed by atoms with van der Waals surface area (Å²) in [6.07, 6.45) is 5.82. The van der Waals surface area contributed by atoms with Crippen molar-refractivity contribution in [2.75, 3.05) is 0 Å². The average molecular weight is 396 g/mol. The largest absolute Gasteiger partial charge is 0.438 e. The highest BCUT2D eigenvalue weighted by atomic mass is 16.5. The molecule has 0 amide bonds. The Bertz CT molecular complexity index is 1470. The standard InChI is InChI=1S/C23H16N4O3/c28-23-18-8-4-7-16(18)17-10-9-15(11-20(17)30-23)29-22-19-12-26-27(21(19)24-13-25-22)14-5-2-1-3-6-14/h1-3,5-6,9-13H,4,7-8H2. The van der Waals surface area contributed by atoms with E-state index in [9.17, 15) is 4.79 Å². The van der Waals surface area contributed by atoms with Gasteiger partial charge in [-0.1, -0.05) is 18.2 Å². The van der Waals surface area contributed by atoms with Crippen LogP contribution in [0.15, 0.2) is 70.3 Å². The minimum Gasteiger partial charge on any atom is -0.438 e. The number of hydrogen-bond acceptors (Lipinski definition) is 6. The van der Waals surface area contributed by atoms with Crippen LogP contribution in [0.1, 0.15) is 17.5 Å². The zero-order valence-corrected chi connectivity index (χ0v) is 15.9. The second kappa shape index (κ2) is 6.52. The summed E-state index contributed by atoms with van der Waals surface area (Å²) < 4.78 is 13.3. The third-order valence-corrected chi connectivity index (χ3v) is 5.49. The lowest BCUT2D eigenvalue weighted by Gasteiger charge is -2.08. The van der Waals surface area contributed by atoms with Gasteiger partial charge in [0.25, 0.3) is 0 Å². The van der Waals surface area contributed by atoms with Crippen LogP contribution in [0.4, 0.5) is 0 Å². The Hall–Kier alpha value is -4.00. The predicted octanol–water partition coefficient (Wildman–Crippen LogP) is 4.20. The molecule has 7 heteroatoms. The fourth-order valence-corrected chi connectivity index (χ4v) is 4.10. The molecule has 1 aliphatic carbocycles. The topological polar surface area (TPSA) is 83.0 Å². The molecule has 0 bridgehead atoms. The molecule has 0 N–H and O–H groups in total. The molecule has 0 spiro atoms. The second-order valence-corrected chi connectivity index (χ2v) is 7.27. The lowest BCUT2D eigenvalue weighted by atomic mass is 10.1. The molecule has 0 fully saturated rings. The molecule has 1 aliphatic rings. The van der Waals surface area contributed by atoms with Crippen LogP contribution >= 0.6 is 0 Å².